The van der Waals surface area contributed by atoms with Gasteiger partial charge in [0.2, 0.25) is 0 Å². The third-order valence-corrected chi connectivity index (χ3v) is 4.47. The molecule has 1 atom stereocenters. The Bertz CT molecular complexity index is 545. The van der Waals surface area contributed by atoms with Crippen LogP contribution in [0.4, 0.5) is 0 Å². The number of benzene rings is 2. The molecule has 0 aliphatic carbocycles. The van der Waals surface area contributed by atoms with Crippen LogP contribution in [0.5, 0.6) is 0 Å². The van der Waals surface area contributed by atoms with Crippen LogP contribution in [0.3, 0.4) is 0 Å². The molecule has 3 rings (SSSR count). The average molecular weight is 268 g/mol. The van der Waals surface area contributed by atoms with Gasteiger partial charge < -0.3 is 10.8 Å². The Morgan fingerprint density at radius 3 is 1.80 bits per heavy atom. The molecule has 1 unspecified atom stereocenters. The van der Waals surface area contributed by atoms with E-state index >= 15 is 0 Å². The minimum absolute atomic E-state index is 0.237. The van der Waals surface area contributed by atoms with Gasteiger partial charge in [0, 0.05) is 13.1 Å². The van der Waals surface area contributed by atoms with Crippen LogP contribution in [0.2, 0.25) is 0 Å². The molecule has 0 spiro atoms. The largest absolute Gasteiger partial charge is 0.385 e. The first kappa shape index (κ1) is 13.3. The molecule has 104 valence electrons. The zero-order chi connectivity index (χ0) is 14.2. The van der Waals surface area contributed by atoms with E-state index in [9.17, 15) is 5.11 Å². The molecule has 1 fully saturated rings. The van der Waals surface area contributed by atoms with Crippen LogP contribution in [-0.2, 0) is 5.54 Å². The Labute approximate surface area is 119 Å². The lowest BCUT2D eigenvalue weighted by Gasteiger charge is -2.63. The van der Waals surface area contributed by atoms with Gasteiger partial charge in [0.25, 0.3) is 0 Å². The molecule has 1 heterocycles. The number of β-amino-alcohol motifs (C(OH)–C–C–N with tert-alkyl or cyclic N) is 1. The van der Waals surface area contributed by atoms with E-state index in [0.29, 0.717) is 6.54 Å². The highest BCUT2D eigenvalue weighted by Gasteiger charge is 2.63. The van der Waals surface area contributed by atoms with Gasteiger partial charge in [-0.3, -0.25) is 4.90 Å². The van der Waals surface area contributed by atoms with E-state index in [4.69, 9.17) is 5.73 Å². The summed E-state index contributed by atoms with van der Waals surface area (Å²) < 4.78 is 0. The quantitative estimate of drug-likeness (QED) is 0.888. The normalized spacial score (nSPS) is 25.1. The van der Waals surface area contributed by atoms with E-state index in [2.05, 4.69) is 29.2 Å². The molecule has 0 bridgehead atoms. The smallest absolute Gasteiger partial charge is 0.116 e. The molecule has 2 aromatic carbocycles. The number of likely N-dealkylation sites (N-methyl/N-ethyl adjacent to an activating group) is 1. The fourth-order valence-corrected chi connectivity index (χ4v) is 3.61. The first-order chi connectivity index (χ1) is 9.65. The fourth-order valence-electron chi connectivity index (χ4n) is 3.61. The molecule has 0 radical (unpaired) electrons. The maximum atomic E-state index is 11.0. The SMILES string of the molecule is CN1CC(O)(CN)C1(c1ccccc1)c1ccccc1. The zero-order valence-electron chi connectivity index (χ0n) is 11.7. The van der Waals surface area contributed by atoms with Gasteiger partial charge in [-0.1, -0.05) is 60.7 Å². The maximum absolute atomic E-state index is 11.0. The summed E-state index contributed by atoms with van der Waals surface area (Å²) in [5, 5.41) is 11.0. The van der Waals surface area contributed by atoms with Crippen molar-refractivity contribution in [1.29, 1.82) is 0 Å². The highest BCUT2D eigenvalue weighted by atomic mass is 16.3. The van der Waals surface area contributed by atoms with Crippen LogP contribution in [0.15, 0.2) is 60.7 Å². The molecule has 20 heavy (non-hydrogen) atoms. The van der Waals surface area contributed by atoms with Gasteiger partial charge in [0.15, 0.2) is 0 Å². The standard InChI is InChI=1S/C17H20N2O/c1-19-13-16(20,12-18)17(19,14-8-4-2-5-9-14)15-10-6-3-7-11-15/h2-11,20H,12-13,18H2,1H3. The van der Waals surface area contributed by atoms with Crippen LogP contribution >= 0.6 is 0 Å². The van der Waals surface area contributed by atoms with Crippen molar-refractivity contribution in [2.75, 3.05) is 20.1 Å². The molecule has 3 heteroatoms. The van der Waals surface area contributed by atoms with Gasteiger partial charge in [-0.25, -0.2) is 0 Å². The average Bonchev–Trinajstić information content (AvgIpc) is 2.49. The summed E-state index contributed by atoms with van der Waals surface area (Å²) in [5.74, 6) is 0. The van der Waals surface area contributed by atoms with Crippen molar-refractivity contribution < 1.29 is 5.11 Å². The van der Waals surface area contributed by atoms with E-state index in [1.807, 2.05) is 43.4 Å². The highest BCUT2D eigenvalue weighted by Crippen LogP contribution is 2.51. The van der Waals surface area contributed by atoms with Gasteiger partial charge in [-0.15, -0.1) is 0 Å². The fraction of sp³-hybridized carbons (Fsp3) is 0.294. The number of hydrogen-bond donors (Lipinski definition) is 2. The predicted molar refractivity (Wildman–Crippen MR) is 80.3 cm³/mol. The predicted octanol–water partition coefficient (Wildman–Crippen LogP) is 1.57. The summed E-state index contributed by atoms with van der Waals surface area (Å²) >= 11 is 0. The Kier molecular flexibility index (Phi) is 3.13. The Morgan fingerprint density at radius 2 is 1.45 bits per heavy atom. The third kappa shape index (κ3) is 1.57. The van der Waals surface area contributed by atoms with Crippen molar-refractivity contribution in [3.8, 4) is 0 Å². The topological polar surface area (TPSA) is 49.5 Å². The molecular weight excluding hydrogens is 248 g/mol. The van der Waals surface area contributed by atoms with Crippen LogP contribution in [0, 0.1) is 0 Å². The number of nitrogens with two attached hydrogens (primary N) is 1. The minimum atomic E-state index is -0.940. The van der Waals surface area contributed by atoms with Crippen LogP contribution < -0.4 is 5.73 Å². The summed E-state index contributed by atoms with van der Waals surface area (Å²) in [6.45, 7) is 0.814. The summed E-state index contributed by atoms with van der Waals surface area (Å²) in [5.41, 5.74) is 6.55. The van der Waals surface area contributed by atoms with E-state index in [0.717, 1.165) is 11.1 Å². The number of nitrogens with zero attached hydrogens (tertiary/aromatic N) is 1. The van der Waals surface area contributed by atoms with Crippen LogP contribution in [-0.4, -0.2) is 35.7 Å². The van der Waals surface area contributed by atoms with Gasteiger partial charge in [-0.2, -0.15) is 0 Å². The summed E-state index contributed by atoms with van der Waals surface area (Å²) in [7, 11) is 2.03. The monoisotopic (exact) mass is 268 g/mol. The molecule has 1 saturated heterocycles. The Morgan fingerprint density at radius 1 is 1.00 bits per heavy atom. The molecular formula is C17H20N2O. The second-order valence-corrected chi connectivity index (χ2v) is 5.53. The lowest BCUT2D eigenvalue weighted by molar-refractivity contribution is -0.186. The summed E-state index contributed by atoms with van der Waals surface area (Å²) in [6.07, 6.45) is 0. The zero-order valence-corrected chi connectivity index (χ0v) is 11.7. The first-order valence-corrected chi connectivity index (χ1v) is 6.90. The number of likely N-dealkylation sites (tertiary alicyclic amines) is 1. The minimum Gasteiger partial charge on any atom is -0.385 e. The lowest BCUT2D eigenvalue weighted by atomic mass is 9.62. The number of aliphatic hydroxyl groups is 1. The molecule has 1 aliphatic heterocycles. The van der Waals surface area contributed by atoms with Gasteiger partial charge >= 0.3 is 0 Å². The lowest BCUT2D eigenvalue weighted by Crippen LogP contribution is -2.78. The molecule has 3 nitrogen and oxygen atoms in total. The third-order valence-electron chi connectivity index (χ3n) is 4.47. The van der Waals surface area contributed by atoms with Crippen LogP contribution in [0.1, 0.15) is 11.1 Å². The molecule has 0 aromatic heterocycles. The maximum Gasteiger partial charge on any atom is 0.116 e. The van der Waals surface area contributed by atoms with E-state index in [1.165, 1.54) is 0 Å². The second-order valence-electron chi connectivity index (χ2n) is 5.53. The molecule has 2 aromatic rings. The Hall–Kier alpha value is -1.68. The van der Waals surface area contributed by atoms with Crippen molar-refractivity contribution in [2.24, 2.45) is 5.73 Å². The second kappa shape index (κ2) is 4.70. The van der Waals surface area contributed by atoms with Gasteiger partial charge in [-0.05, 0) is 18.2 Å². The van der Waals surface area contributed by atoms with E-state index < -0.39 is 11.1 Å². The molecule has 0 saturated carbocycles. The van der Waals surface area contributed by atoms with Crippen molar-refractivity contribution >= 4 is 0 Å². The number of hydrogen-bond acceptors (Lipinski definition) is 3. The van der Waals surface area contributed by atoms with Gasteiger partial charge in [0.05, 0.1) is 0 Å². The van der Waals surface area contributed by atoms with E-state index in [1.54, 1.807) is 0 Å². The van der Waals surface area contributed by atoms with Gasteiger partial charge in [0.1, 0.15) is 11.1 Å². The summed E-state index contributed by atoms with van der Waals surface area (Å²) in [6, 6.07) is 20.2. The Balaban J connectivity index is 2.24. The van der Waals surface area contributed by atoms with E-state index in [-0.39, 0.29) is 6.54 Å². The van der Waals surface area contributed by atoms with Crippen LogP contribution in [0.25, 0.3) is 0 Å². The first-order valence-electron chi connectivity index (χ1n) is 6.90. The molecule has 3 N–H and O–H groups in total. The molecule has 1 aliphatic rings. The van der Waals surface area contributed by atoms with Crippen molar-refractivity contribution in [3.63, 3.8) is 0 Å². The van der Waals surface area contributed by atoms with Crippen molar-refractivity contribution in [2.45, 2.75) is 11.1 Å². The molecule has 0 amide bonds. The summed E-state index contributed by atoms with van der Waals surface area (Å²) in [4.78, 5) is 2.17. The number of rotatable bonds is 3. The van der Waals surface area contributed by atoms with Crippen molar-refractivity contribution in [3.05, 3.63) is 71.8 Å². The highest BCUT2D eigenvalue weighted by molar-refractivity contribution is 5.46. The van der Waals surface area contributed by atoms with Crippen molar-refractivity contribution in [1.82, 2.24) is 4.90 Å².